The summed E-state index contributed by atoms with van der Waals surface area (Å²) in [4.78, 5) is 6.64. The maximum atomic E-state index is 5.49. The topological polar surface area (TPSA) is 38.5 Å². The van der Waals surface area contributed by atoms with E-state index >= 15 is 0 Å². The van der Waals surface area contributed by atoms with Gasteiger partial charge in [0.25, 0.3) is 6.01 Å². The Morgan fingerprint density at radius 2 is 2.20 bits per heavy atom. The Kier molecular flexibility index (Phi) is 3.26. The average Bonchev–Trinajstić information content (AvgIpc) is 2.78. The van der Waals surface area contributed by atoms with E-state index < -0.39 is 0 Å². The SMILES string of the molecule is CC[C@@H](C)c1coc(N2CCOCC2)n1. The van der Waals surface area contributed by atoms with E-state index in [1.165, 1.54) is 0 Å². The van der Waals surface area contributed by atoms with Crippen LogP contribution in [0.1, 0.15) is 31.9 Å². The van der Waals surface area contributed by atoms with Crippen LogP contribution in [0.3, 0.4) is 0 Å². The maximum Gasteiger partial charge on any atom is 0.297 e. The highest BCUT2D eigenvalue weighted by Gasteiger charge is 2.17. The molecule has 0 saturated carbocycles. The molecule has 0 amide bonds. The molecule has 15 heavy (non-hydrogen) atoms. The molecule has 0 spiro atoms. The van der Waals surface area contributed by atoms with Crippen molar-refractivity contribution in [3.8, 4) is 0 Å². The van der Waals surface area contributed by atoms with Crippen molar-refractivity contribution in [3.05, 3.63) is 12.0 Å². The molecule has 84 valence electrons. The summed E-state index contributed by atoms with van der Waals surface area (Å²) in [5, 5.41) is 0. The Labute approximate surface area is 90.2 Å². The highest BCUT2D eigenvalue weighted by atomic mass is 16.5. The zero-order valence-electron chi connectivity index (χ0n) is 9.40. The number of ether oxygens (including phenoxy) is 1. The summed E-state index contributed by atoms with van der Waals surface area (Å²) in [5.41, 5.74) is 1.05. The van der Waals surface area contributed by atoms with E-state index in [0.29, 0.717) is 5.92 Å². The predicted molar refractivity (Wildman–Crippen MR) is 58.2 cm³/mol. The summed E-state index contributed by atoms with van der Waals surface area (Å²) in [6, 6.07) is 0.744. The molecule has 2 heterocycles. The van der Waals surface area contributed by atoms with Gasteiger partial charge in [-0.1, -0.05) is 13.8 Å². The lowest BCUT2D eigenvalue weighted by Gasteiger charge is -2.24. The van der Waals surface area contributed by atoms with Gasteiger partial charge in [-0.3, -0.25) is 0 Å². The Bertz CT molecular complexity index is 305. The predicted octanol–water partition coefficient (Wildman–Crippen LogP) is 2.02. The molecule has 0 aromatic carbocycles. The van der Waals surface area contributed by atoms with Crippen molar-refractivity contribution >= 4 is 6.01 Å². The van der Waals surface area contributed by atoms with Gasteiger partial charge in [0.05, 0.1) is 18.9 Å². The van der Waals surface area contributed by atoms with Crippen molar-refractivity contribution in [2.24, 2.45) is 0 Å². The van der Waals surface area contributed by atoms with Crippen molar-refractivity contribution in [1.82, 2.24) is 4.98 Å². The van der Waals surface area contributed by atoms with E-state index in [-0.39, 0.29) is 0 Å². The average molecular weight is 210 g/mol. The second-order valence-electron chi connectivity index (χ2n) is 3.96. The van der Waals surface area contributed by atoms with Crippen LogP contribution in [0, 0.1) is 0 Å². The molecule has 0 bridgehead atoms. The fourth-order valence-electron chi connectivity index (χ4n) is 1.61. The van der Waals surface area contributed by atoms with Crippen LogP contribution in [0.5, 0.6) is 0 Å². The molecule has 4 heteroatoms. The van der Waals surface area contributed by atoms with Crippen LogP contribution in [0.2, 0.25) is 0 Å². The number of morpholine rings is 1. The fraction of sp³-hybridized carbons (Fsp3) is 0.727. The minimum absolute atomic E-state index is 0.476. The van der Waals surface area contributed by atoms with Crippen molar-refractivity contribution in [2.45, 2.75) is 26.2 Å². The van der Waals surface area contributed by atoms with E-state index in [1.54, 1.807) is 6.26 Å². The van der Waals surface area contributed by atoms with Crippen LogP contribution in [0.15, 0.2) is 10.7 Å². The number of oxazole rings is 1. The Morgan fingerprint density at radius 3 is 2.87 bits per heavy atom. The van der Waals surface area contributed by atoms with Gasteiger partial charge in [-0.25, -0.2) is 0 Å². The van der Waals surface area contributed by atoms with Gasteiger partial charge in [0.15, 0.2) is 0 Å². The fourth-order valence-corrected chi connectivity index (χ4v) is 1.61. The number of aromatic nitrogens is 1. The van der Waals surface area contributed by atoms with E-state index in [2.05, 4.69) is 23.7 Å². The summed E-state index contributed by atoms with van der Waals surface area (Å²) in [5.74, 6) is 0.476. The molecule has 1 aromatic heterocycles. The third-order valence-corrected chi connectivity index (χ3v) is 2.91. The van der Waals surface area contributed by atoms with Gasteiger partial charge in [-0.05, 0) is 6.42 Å². The van der Waals surface area contributed by atoms with Crippen molar-refractivity contribution in [1.29, 1.82) is 0 Å². The van der Waals surface area contributed by atoms with Gasteiger partial charge in [0.1, 0.15) is 6.26 Å². The highest BCUT2D eigenvalue weighted by Crippen LogP contribution is 2.22. The molecule has 1 atom stereocenters. The van der Waals surface area contributed by atoms with Gasteiger partial charge in [0, 0.05) is 19.0 Å². The monoisotopic (exact) mass is 210 g/mol. The van der Waals surface area contributed by atoms with Crippen molar-refractivity contribution in [3.63, 3.8) is 0 Å². The van der Waals surface area contributed by atoms with E-state index in [4.69, 9.17) is 9.15 Å². The summed E-state index contributed by atoms with van der Waals surface area (Å²) in [7, 11) is 0. The van der Waals surface area contributed by atoms with Gasteiger partial charge < -0.3 is 14.1 Å². The molecular weight excluding hydrogens is 192 g/mol. The Balaban J connectivity index is 2.05. The molecule has 1 aliphatic heterocycles. The standard InChI is InChI=1S/C11H18N2O2/c1-3-9(2)10-8-15-11(12-10)13-4-6-14-7-5-13/h8-9H,3-7H2,1-2H3/t9-/m1/s1. The lowest BCUT2D eigenvalue weighted by molar-refractivity contribution is 0.120. The molecular formula is C11H18N2O2. The summed E-state index contributed by atoms with van der Waals surface area (Å²) >= 11 is 0. The normalized spacial score (nSPS) is 19.2. The van der Waals surface area contributed by atoms with Gasteiger partial charge >= 0.3 is 0 Å². The first-order valence-corrected chi connectivity index (χ1v) is 5.59. The molecule has 2 rings (SSSR count). The highest BCUT2D eigenvalue weighted by molar-refractivity contribution is 5.28. The van der Waals surface area contributed by atoms with E-state index in [1.807, 2.05) is 0 Å². The van der Waals surface area contributed by atoms with Gasteiger partial charge in [-0.15, -0.1) is 0 Å². The molecule has 1 saturated heterocycles. The number of rotatable bonds is 3. The van der Waals surface area contributed by atoms with Crippen LogP contribution in [0.4, 0.5) is 6.01 Å². The number of hydrogen-bond donors (Lipinski definition) is 0. The zero-order chi connectivity index (χ0) is 10.7. The smallest absolute Gasteiger partial charge is 0.297 e. The van der Waals surface area contributed by atoms with Crippen LogP contribution >= 0.6 is 0 Å². The Morgan fingerprint density at radius 1 is 1.47 bits per heavy atom. The molecule has 1 aromatic rings. The Hall–Kier alpha value is -1.03. The molecule has 0 unspecified atom stereocenters. The van der Waals surface area contributed by atoms with Gasteiger partial charge in [-0.2, -0.15) is 4.98 Å². The van der Waals surface area contributed by atoms with E-state index in [0.717, 1.165) is 44.4 Å². The summed E-state index contributed by atoms with van der Waals surface area (Å²) < 4.78 is 10.8. The molecule has 0 radical (unpaired) electrons. The van der Waals surface area contributed by atoms with Crippen LogP contribution in [-0.4, -0.2) is 31.3 Å². The van der Waals surface area contributed by atoms with E-state index in [9.17, 15) is 0 Å². The molecule has 4 nitrogen and oxygen atoms in total. The summed E-state index contributed by atoms with van der Waals surface area (Å²) in [6.45, 7) is 7.61. The minimum Gasteiger partial charge on any atom is -0.432 e. The number of hydrogen-bond acceptors (Lipinski definition) is 4. The second-order valence-corrected chi connectivity index (χ2v) is 3.96. The summed E-state index contributed by atoms with van der Waals surface area (Å²) in [6.07, 6.45) is 2.87. The number of anilines is 1. The third-order valence-electron chi connectivity index (χ3n) is 2.91. The van der Waals surface area contributed by atoms with Gasteiger partial charge in [0.2, 0.25) is 0 Å². The zero-order valence-corrected chi connectivity index (χ0v) is 9.40. The lowest BCUT2D eigenvalue weighted by Crippen LogP contribution is -2.36. The van der Waals surface area contributed by atoms with Crippen LogP contribution in [-0.2, 0) is 4.74 Å². The van der Waals surface area contributed by atoms with Crippen LogP contribution < -0.4 is 4.90 Å². The first-order valence-electron chi connectivity index (χ1n) is 5.59. The minimum atomic E-state index is 0.476. The molecule has 1 aliphatic rings. The molecule has 0 aliphatic carbocycles. The molecule has 1 fully saturated rings. The van der Waals surface area contributed by atoms with Crippen molar-refractivity contribution in [2.75, 3.05) is 31.2 Å². The maximum absolute atomic E-state index is 5.49. The molecule has 0 N–H and O–H groups in total. The first kappa shape index (κ1) is 10.5. The lowest BCUT2D eigenvalue weighted by atomic mass is 10.1. The third kappa shape index (κ3) is 2.31. The second kappa shape index (κ2) is 4.66. The largest absolute Gasteiger partial charge is 0.432 e. The first-order chi connectivity index (χ1) is 7.31. The van der Waals surface area contributed by atoms with Crippen molar-refractivity contribution < 1.29 is 9.15 Å². The quantitative estimate of drug-likeness (QED) is 0.765. The number of nitrogens with zero attached hydrogens (tertiary/aromatic N) is 2. The van der Waals surface area contributed by atoms with Crippen LogP contribution in [0.25, 0.3) is 0 Å².